The van der Waals surface area contributed by atoms with Crippen molar-refractivity contribution in [3.8, 4) is 0 Å². The van der Waals surface area contributed by atoms with Crippen molar-refractivity contribution >= 4 is 21.8 Å². The number of carbonyl (C=O) groups excluding carboxylic acids is 1. The molecule has 1 rings (SSSR count). The minimum absolute atomic E-state index is 0.206. The number of nitrogens with zero attached hydrogens (tertiary/aromatic N) is 1. The molecule has 96 valence electrons. The van der Waals surface area contributed by atoms with E-state index >= 15 is 0 Å². The van der Waals surface area contributed by atoms with Crippen LogP contribution in [0.3, 0.4) is 0 Å². The van der Waals surface area contributed by atoms with Crippen molar-refractivity contribution in [3.63, 3.8) is 0 Å². The molecule has 17 heavy (non-hydrogen) atoms. The molecule has 0 spiro atoms. The van der Waals surface area contributed by atoms with Gasteiger partial charge in [0.25, 0.3) is 5.91 Å². The molecule has 0 saturated heterocycles. The lowest BCUT2D eigenvalue weighted by Gasteiger charge is -2.21. The van der Waals surface area contributed by atoms with E-state index in [0.717, 1.165) is 7.05 Å². The van der Waals surface area contributed by atoms with E-state index in [-0.39, 0.29) is 12.3 Å². The number of amides is 1. The zero-order valence-electron chi connectivity index (χ0n) is 8.59. The molecule has 3 nitrogen and oxygen atoms in total. The van der Waals surface area contributed by atoms with Gasteiger partial charge in [-0.1, -0.05) is 0 Å². The maximum Gasteiger partial charge on any atom is 0.383 e. The van der Waals surface area contributed by atoms with Crippen LogP contribution < -0.4 is 0 Å². The molecule has 0 fully saturated rings. The summed E-state index contributed by atoms with van der Waals surface area (Å²) in [6, 6.07) is 2.94. The molecule has 1 heterocycles. The summed E-state index contributed by atoms with van der Waals surface area (Å²) in [5.41, 5.74) is 0. The Kier molecular flexibility index (Phi) is 4.18. The molecule has 1 amide bonds. The molecule has 0 saturated carbocycles. The summed E-state index contributed by atoms with van der Waals surface area (Å²) in [7, 11) is 0.995. The van der Waals surface area contributed by atoms with Crippen LogP contribution >= 0.6 is 15.9 Å². The summed E-state index contributed by atoms with van der Waals surface area (Å²) in [5.74, 6) is -6.42. The zero-order valence-corrected chi connectivity index (χ0v) is 10.2. The summed E-state index contributed by atoms with van der Waals surface area (Å²) in [5, 5.41) is 0. The highest BCUT2D eigenvalue weighted by Crippen LogP contribution is 2.26. The third kappa shape index (κ3) is 3.21. The van der Waals surface area contributed by atoms with Gasteiger partial charge in [0.1, 0.15) is 5.76 Å². The third-order valence-corrected chi connectivity index (χ3v) is 2.35. The summed E-state index contributed by atoms with van der Waals surface area (Å²) >= 11 is 2.98. The van der Waals surface area contributed by atoms with Gasteiger partial charge >= 0.3 is 12.3 Å². The Bertz CT molecular complexity index is 407. The number of furan rings is 1. The maximum absolute atomic E-state index is 12.7. The highest BCUT2D eigenvalue weighted by atomic mass is 79.9. The molecule has 0 radical (unpaired) electrons. The molecule has 1 aromatic rings. The lowest BCUT2D eigenvalue weighted by Crippen LogP contribution is -2.45. The number of carbonyl (C=O) groups is 1. The predicted octanol–water partition coefficient (Wildman–Crippen LogP) is 2.90. The van der Waals surface area contributed by atoms with Gasteiger partial charge in [0.15, 0.2) is 4.67 Å². The zero-order chi connectivity index (χ0) is 13.2. The van der Waals surface area contributed by atoms with Gasteiger partial charge in [-0.2, -0.15) is 8.78 Å². The normalized spacial score (nSPS) is 11.9. The van der Waals surface area contributed by atoms with Crippen LogP contribution in [0.25, 0.3) is 0 Å². The Morgan fingerprint density at radius 2 is 2.12 bits per heavy atom. The molecule has 0 aliphatic heterocycles. The van der Waals surface area contributed by atoms with Crippen molar-refractivity contribution in [2.75, 3.05) is 7.05 Å². The second kappa shape index (κ2) is 5.07. The fourth-order valence-electron chi connectivity index (χ4n) is 1.09. The Morgan fingerprint density at radius 3 is 2.53 bits per heavy atom. The SMILES string of the molecule is CN(Cc1ccc(Br)o1)C(=O)C(F)(F)C(F)F. The monoisotopic (exact) mass is 317 g/mol. The van der Waals surface area contributed by atoms with Crippen LogP contribution in [0.15, 0.2) is 21.2 Å². The number of alkyl halides is 4. The molecule has 0 N–H and O–H groups in total. The van der Waals surface area contributed by atoms with E-state index in [4.69, 9.17) is 4.42 Å². The Hall–Kier alpha value is -1.05. The van der Waals surface area contributed by atoms with Gasteiger partial charge in [0, 0.05) is 7.05 Å². The molecule has 1 aromatic heterocycles. The van der Waals surface area contributed by atoms with Gasteiger partial charge in [-0.05, 0) is 28.1 Å². The van der Waals surface area contributed by atoms with Gasteiger partial charge in [-0.3, -0.25) is 4.79 Å². The maximum atomic E-state index is 12.7. The second-order valence-electron chi connectivity index (χ2n) is 3.29. The number of halogens is 5. The minimum Gasteiger partial charge on any atom is -0.452 e. The topological polar surface area (TPSA) is 33.5 Å². The minimum atomic E-state index is -4.68. The first kappa shape index (κ1) is 14.0. The Morgan fingerprint density at radius 1 is 1.53 bits per heavy atom. The number of hydrogen-bond acceptors (Lipinski definition) is 2. The van der Waals surface area contributed by atoms with E-state index in [1.807, 2.05) is 0 Å². The third-order valence-electron chi connectivity index (χ3n) is 1.93. The lowest BCUT2D eigenvalue weighted by molar-refractivity contribution is -0.180. The standard InChI is InChI=1S/C9H8BrF4NO2/c1-15(4-5-2-3-6(10)17-5)8(16)9(13,14)7(11)12/h2-3,7H,4H2,1H3. The molecule has 0 aliphatic rings. The largest absolute Gasteiger partial charge is 0.452 e. The summed E-state index contributed by atoms with van der Waals surface area (Å²) in [6.45, 7) is -0.313. The van der Waals surface area contributed by atoms with Crippen LogP contribution in [-0.2, 0) is 11.3 Å². The van der Waals surface area contributed by atoms with Crippen LogP contribution in [0.2, 0.25) is 0 Å². The van der Waals surface area contributed by atoms with Crippen LogP contribution in [0.1, 0.15) is 5.76 Å². The van der Waals surface area contributed by atoms with E-state index < -0.39 is 18.3 Å². The molecular formula is C9H8BrF4NO2. The summed E-state index contributed by atoms with van der Waals surface area (Å²) in [4.78, 5) is 11.5. The molecule has 0 bridgehead atoms. The van der Waals surface area contributed by atoms with Gasteiger partial charge in [0.05, 0.1) is 6.54 Å². The molecule has 0 atom stereocenters. The highest BCUT2D eigenvalue weighted by Gasteiger charge is 2.50. The van der Waals surface area contributed by atoms with Crippen LogP contribution in [0.4, 0.5) is 17.6 Å². The average molecular weight is 318 g/mol. The van der Waals surface area contributed by atoms with Crippen LogP contribution in [0, 0.1) is 0 Å². The van der Waals surface area contributed by atoms with Gasteiger partial charge in [-0.15, -0.1) is 0 Å². The molecule has 8 heteroatoms. The first-order chi connectivity index (χ1) is 7.75. The van der Waals surface area contributed by atoms with E-state index in [9.17, 15) is 22.4 Å². The quantitative estimate of drug-likeness (QED) is 0.800. The van der Waals surface area contributed by atoms with Crippen molar-refractivity contribution in [2.45, 2.75) is 18.9 Å². The first-order valence-electron chi connectivity index (χ1n) is 4.41. The fraction of sp³-hybridized carbons (Fsp3) is 0.444. The van der Waals surface area contributed by atoms with Gasteiger partial charge < -0.3 is 9.32 Å². The molecule has 0 aromatic carbocycles. The number of hydrogen-bond donors (Lipinski definition) is 0. The van der Waals surface area contributed by atoms with Crippen LogP contribution in [0.5, 0.6) is 0 Å². The van der Waals surface area contributed by atoms with Crippen molar-refractivity contribution in [1.29, 1.82) is 0 Å². The van der Waals surface area contributed by atoms with E-state index in [0.29, 0.717) is 9.57 Å². The van der Waals surface area contributed by atoms with E-state index in [1.165, 1.54) is 12.1 Å². The second-order valence-corrected chi connectivity index (χ2v) is 4.07. The smallest absolute Gasteiger partial charge is 0.383 e. The Labute approximate surface area is 103 Å². The summed E-state index contributed by atoms with van der Waals surface area (Å²) < 4.78 is 54.6. The molecule has 0 aliphatic carbocycles. The van der Waals surface area contributed by atoms with Crippen molar-refractivity contribution in [3.05, 3.63) is 22.6 Å². The first-order valence-corrected chi connectivity index (χ1v) is 5.20. The van der Waals surface area contributed by atoms with Gasteiger partial charge in [-0.25, -0.2) is 8.78 Å². The van der Waals surface area contributed by atoms with Crippen molar-refractivity contribution in [2.24, 2.45) is 0 Å². The molecular weight excluding hydrogens is 310 g/mol. The summed E-state index contributed by atoms with van der Waals surface area (Å²) in [6.07, 6.45) is -4.03. The van der Waals surface area contributed by atoms with E-state index in [2.05, 4.69) is 15.9 Å². The highest BCUT2D eigenvalue weighted by molar-refractivity contribution is 9.10. The van der Waals surface area contributed by atoms with E-state index in [1.54, 1.807) is 0 Å². The average Bonchev–Trinajstić information content (AvgIpc) is 2.62. The Balaban J connectivity index is 2.71. The number of rotatable bonds is 4. The predicted molar refractivity (Wildman–Crippen MR) is 53.8 cm³/mol. The van der Waals surface area contributed by atoms with Gasteiger partial charge in [0.2, 0.25) is 0 Å². The van der Waals surface area contributed by atoms with Crippen molar-refractivity contribution < 1.29 is 26.8 Å². The fourth-order valence-corrected chi connectivity index (χ4v) is 1.43. The lowest BCUT2D eigenvalue weighted by atomic mass is 10.3. The van der Waals surface area contributed by atoms with Crippen molar-refractivity contribution in [1.82, 2.24) is 4.90 Å². The molecule has 0 unspecified atom stereocenters. The van der Waals surface area contributed by atoms with Crippen LogP contribution in [-0.4, -0.2) is 30.2 Å².